The minimum Gasteiger partial charge on any atom is -0.350 e. The summed E-state index contributed by atoms with van der Waals surface area (Å²) < 4.78 is 0. The molecule has 1 aromatic heterocycles. The molecule has 1 unspecified atom stereocenters. The fourth-order valence-corrected chi connectivity index (χ4v) is 4.66. The van der Waals surface area contributed by atoms with E-state index >= 15 is 0 Å². The lowest BCUT2D eigenvalue weighted by Gasteiger charge is -2.27. The molecule has 9 nitrogen and oxygen atoms in total. The summed E-state index contributed by atoms with van der Waals surface area (Å²) in [5.74, 6) is -0.247. The molecule has 32 heavy (non-hydrogen) atoms. The van der Waals surface area contributed by atoms with Crippen molar-refractivity contribution in [1.82, 2.24) is 20.2 Å². The van der Waals surface area contributed by atoms with Gasteiger partial charge in [0.2, 0.25) is 11.9 Å². The third-order valence-electron chi connectivity index (χ3n) is 6.61. The first-order valence-corrected chi connectivity index (χ1v) is 11.0. The number of carbonyl (C=O) groups excluding carboxylic acids is 2. The molecule has 1 saturated carbocycles. The summed E-state index contributed by atoms with van der Waals surface area (Å²) in [4.78, 5) is 48.5. The van der Waals surface area contributed by atoms with Crippen LogP contribution in [0.25, 0.3) is 0 Å². The van der Waals surface area contributed by atoms with E-state index in [1.165, 1.54) is 6.07 Å². The predicted octanol–water partition coefficient (Wildman–Crippen LogP) is 1.77. The van der Waals surface area contributed by atoms with E-state index in [0.29, 0.717) is 25.5 Å². The van der Waals surface area contributed by atoms with Crippen molar-refractivity contribution in [2.75, 3.05) is 32.1 Å². The lowest BCUT2D eigenvalue weighted by atomic mass is 9.82. The third-order valence-corrected chi connectivity index (χ3v) is 6.61. The number of likely N-dealkylation sites (tertiary alicyclic amines) is 1. The van der Waals surface area contributed by atoms with Crippen LogP contribution < -0.4 is 15.8 Å². The number of hydrogen-bond acceptors (Lipinski definition) is 6. The number of hydrogen-bond donors (Lipinski definition) is 2. The van der Waals surface area contributed by atoms with Crippen molar-refractivity contribution in [3.8, 4) is 6.07 Å². The zero-order chi connectivity index (χ0) is 24.1. The number of rotatable bonds is 5. The molecule has 2 N–H and O–H groups in total. The standard InChI is InChI=1S/C23H34N6O3/c1-21(2,3)9-14-10-29(18(31)15-8-17(30)27-20(26-15)28(6)7)11-16(14)25-19(32)23(13-24)12-22(23,4)5/h8,14,16H,9-12H2,1-7H3,(H,25,32)(H,26,27,30)/t14-,16-,23?/m1/s1. The third kappa shape index (κ3) is 4.50. The number of aromatic nitrogens is 2. The molecule has 0 spiro atoms. The number of nitrogens with one attached hydrogen (secondary N) is 2. The Bertz CT molecular complexity index is 1020. The van der Waals surface area contributed by atoms with Gasteiger partial charge in [-0.1, -0.05) is 34.6 Å². The molecule has 174 valence electrons. The van der Waals surface area contributed by atoms with E-state index in [9.17, 15) is 19.6 Å². The zero-order valence-electron chi connectivity index (χ0n) is 20.1. The van der Waals surface area contributed by atoms with E-state index in [1.807, 2.05) is 13.8 Å². The Morgan fingerprint density at radius 2 is 1.97 bits per heavy atom. The number of carbonyl (C=O) groups is 2. The summed E-state index contributed by atoms with van der Waals surface area (Å²) in [7, 11) is 3.47. The highest BCUT2D eigenvalue weighted by Crippen LogP contribution is 2.63. The van der Waals surface area contributed by atoms with Gasteiger partial charge in [0.15, 0.2) is 0 Å². The first kappa shape index (κ1) is 23.8. The molecular formula is C23H34N6O3. The van der Waals surface area contributed by atoms with E-state index in [2.05, 4.69) is 42.1 Å². The summed E-state index contributed by atoms with van der Waals surface area (Å²) in [6.07, 6.45) is 1.34. The van der Waals surface area contributed by atoms with E-state index < -0.39 is 11.0 Å². The fourth-order valence-electron chi connectivity index (χ4n) is 4.66. The maximum Gasteiger partial charge on any atom is 0.272 e. The Hall–Kier alpha value is -2.89. The van der Waals surface area contributed by atoms with E-state index in [1.54, 1.807) is 23.9 Å². The first-order chi connectivity index (χ1) is 14.7. The van der Waals surface area contributed by atoms with E-state index in [-0.39, 0.29) is 40.3 Å². The minimum absolute atomic E-state index is 0.00128. The van der Waals surface area contributed by atoms with Gasteiger partial charge in [0.25, 0.3) is 11.5 Å². The van der Waals surface area contributed by atoms with Crippen LogP contribution >= 0.6 is 0 Å². The molecule has 1 aliphatic carbocycles. The highest BCUT2D eigenvalue weighted by atomic mass is 16.2. The molecule has 0 bridgehead atoms. The Labute approximate surface area is 189 Å². The lowest BCUT2D eigenvalue weighted by molar-refractivity contribution is -0.126. The van der Waals surface area contributed by atoms with Gasteiger partial charge in [0, 0.05) is 33.3 Å². The van der Waals surface area contributed by atoms with Gasteiger partial charge >= 0.3 is 0 Å². The van der Waals surface area contributed by atoms with Crippen molar-refractivity contribution in [3.63, 3.8) is 0 Å². The smallest absolute Gasteiger partial charge is 0.272 e. The normalized spacial score (nSPS) is 26.4. The quantitative estimate of drug-likeness (QED) is 0.717. The highest BCUT2D eigenvalue weighted by Gasteiger charge is 2.67. The second-order valence-electron chi connectivity index (χ2n) is 11.2. The molecule has 3 rings (SSSR count). The molecule has 2 aliphatic rings. The van der Waals surface area contributed by atoms with Crippen molar-refractivity contribution < 1.29 is 9.59 Å². The molecular weight excluding hydrogens is 408 g/mol. The van der Waals surface area contributed by atoms with Crippen LogP contribution in [0, 0.1) is 33.5 Å². The summed E-state index contributed by atoms with van der Waals surface area (Å²) in [6.45, 7) is 11.0. The van der Waals surface area contributed by atoms with Gasteiger partial charge in [-0.05, 0) is 29.6 Å². The number of anilines is 1. The maximum absolute atomic E-state index is 13.2. The van der Waals surface area contributed by atoms with Crippen LogP contribution in [0.3, 0.4) is 0 Å². The largest absolute Gasteiger partial charge is 0.350 e. The van der Waals surface area contributed by atoms with Gasteiger partial charge in [0.1, 0.15) is 11.1 Å². The van der Waals surface area contributed by atoms with Crippen molar-refractivity contribution >= 4 is 17.8 Å². The SMILES string of the molecule is CN(C)c1nc(C(=O)N2C[C@@H](CC(C)(C)C)[C@H](NC(=O)C3(C#N)CC3(C)C)C2)cc(=O)[nH]1. The predicted molar refractivity (Wildman–Crippen MR) is 121 cm³/mol. The number of amides is 2. The fraction of sp³-hybridized carbons (Fsp3) is 0.696. The summed E-state index contributed by atoms with van der Waals surface area (Å²) in [6, 6.07) is 3.16. The van der Waals surface area contributed by atoms with E-state index in [4.69, 9.17) is 0 Å². The lowest BCUT2D eigenvalue weighted by Crippen LogP contribution is -2.46. The van der Waals surface area contributed by atoms with Crippen LogP contribution in [0.5, 0.6) is 0 Å². The molecule has 1 aliphatic heterocycles. The topological polar surface area (TPSA) is 122 Å². The molecule has 0 aromatic carbocycles. The molecule has 2 amide bonds. The molecule has 2 fully saturated rings. The van der Waals surface area contributed by atoms with Gasteiger partial charge in [-0.25, -0.2) is 4.98 Å². The van der Waals surface area contributed by atoms with Crippen LogP contribution in [0.15, 0.2) is 10.9 Å². The van der Waals surface area contributed by atoms with Crippen molar-refractivity contribution in [2.45, 2.75) is 53.5 Å². The van der Waals surface area contributed by atoms with Crippen LogP contribution in [0.1, 0.15) is 57.9 Å². The van der Waals surface area contributed by atoms with Gasteiger partial charge < -0.3 is 15.1 Å². The second kappa shape index (κ2) is 7.91. The molecule has 9 heteroatoms. The second-order valence-corrected chi connectivity index (χ2v) is 11.2. The average Bonchev–Trinajstić information content (AvgIpc) is 3.06. The molecule has 0 radical (unpaired) electrons. The Morgan fingerprint density at radius 1 is 1.34 bits per heavy atom. The number of aromatic amines is 1. The van der Waals surface area contributed by atoms with Crippen LogP contribution in [-0.2, 0) is 4.79 Å². The number of nitrogens with zero attached hydrogens (tertiary/aromatic N) is 4. The van der Waals surface area contributed by atoms with Crippen molar-refractivity contribution in [3.05, 3.63) is 22.1 Å². The molecule has 2 heterocycles. The number of nitriles is 1. The highest BCUT2D eigenvalue weighted by molar-refractivity contribution is 5.93. The summed E-state index contributed by atoms with van der Waals surface area (Å²) >= 11 is 0. The maximum atomic E-state index is 13.2. The minimum atomic E-state index is -1.01. The van der Waals surface area contributed by atoms with Gasteiger partial charge in [-0.15, -0.1) is 0 Å². The van der Waals surface area contributed by atoms with E-state index in [0.717, 1.165) is 6.42 Å². The Morgan fingerprint density at radius 3 is 2.47 bits per heavy atom. The van der Waals surface area contributed by atoms with Crippen molar-refractivity contribution in [1.29, 1.82) is 5.26 Å². The molecule has 3 atom stereocenters. The molecule has 1 saturated heterocycles. The van der Waals surface area contributed by atoms with Crippen LogP contribution in [0.4, 0.5) is 5.95 Å². The Balaban J connectivity index is 1.83. The molecule has 1 aromatic rings. The number of H-pyrrole nitrogens is 1. The monoisotopic (exact) mass is 442 g/mol. The average molecular weight is 443 g/mol. The van der Waals surface area contributed by atoms with Crippen molar-refractivity contribution in [2.24, 2.45) is 22.2 Å². The van der Waals surface area contributed by atoms with Gasteiger partial charge in [0.05, 0.1) is 12.1 Å². The summed E-state index contributed by atoms with van der Waals surface area (Å²) in [5, 5.41) is 12.7. The van der Waals surface area contributed by atoms with Crippen LogP contribution in [-0.4, -0.2) is 59.9 Å². The van der Waals surface area contributed by atoms with Gasteiger partial charge in [-0.2, -0.15) is 5.26 Å². The first-order valence-electron chi connectivity index (χ1n) is 11.0. The summed E-state index contributed by atoms with van der Waals surface area (Å²) in [5.41, 5.74) is -1.67. The zero-order valence-corrected chi connectivity index (χ0v) is 20.1. The van der Waals surface area contributed by atoms with Gasteiger partial charge in [-0.3, -0.25) is 19.4 Å². The Kier molecular flexibility index (Phi) is 5.87. The van der Waals surface area contributed by atoms with Crippen LogP contribution in [0.2, 0.25) is 0 Å².